The normalized spacial score (nSPS) is 13.9. The SMILES string of the molecule is O=C(CCNc1nc(Nc2ccc(N3CCOCC3)cc2)ncc1F)NO. The first-order chi connectivity index (χ1) is 13.2. The van der Waals surface area contributed by atoms with Gasteiger partial charge in [0.05, 0.1) is 19.4 Å². The summed E-state index contributed by atoms with van der Waals surface area (Å²) in [7, 11) is 0. The highest BCUT2D eigenvalue weighted by molar-refractivity contribution is 5.75. The van der Waals surface area contributed by atoms with Crippen molar-refractivity contribution < 1.29 is 19.1 Å². The van der Waals surface area contributed by atoms with Crippen molar-refractivity contribution in [2.45, 2.75) is 6.42 Å². The van der Waals surface area contributed by atoms with Crippen LogP contribution in [-0.2, 0) is 9.53 Å². The third-order valence-corrected chi connectivity index (χ3v) is 4.01. The first kappa shape index (κ1) is 18.8. The van der Waals surface area contributed by atoms with Crippen LogP contribution < -0.4 is 21.0 Å². The maximum absolute atomic E-state index is 13.8. The van der Waals surface area contributed by atoms with Crippen molar-refractivity contribution >= 4 is 29.0 Å². The second-order valence-corrected chi connectivity index (χ2v) is 5.87. The van der Waals surface area contributed by atoms with E-state index in [9.17, 15) is 9.18 Å². The topological polar surface area (TPSA) is 112 Å². The van der Waals surface area contributed by atoms with Crippen LogP contribution >= 0.6 is 0 Å². The van der Waals surface area contributed by atoms with Gasteiger partial charge >= 0.3 is 0 Å². The van der Waals surface area contributed by atoms with Gasteiger partial charge in [-0.1, -0.05) is 0 Å². The Hall–Kier alpha value is -2.98. The molecule has 1 saturated heterocycles. The molecule has 0 spiro atoms. The fraction of sp³-hybridized carbons (Fsp3) is 0.353. The summed E-state index contributed by atoms with van der Waals surface area (Å²) in [5.41, 5.74) is 3.38. The van der Waals surface area contributed by atoms with E-state index in [0.717, 1.165) is 43.9 Å². The van der Waals surface area contributed by atoms with Crippen molar-refractivity contribution in [1.29, 1.82) is 0 Å². The molecular weight excluding hydrogens is 355 g/mol. The number of nitrogens with one attached hydrogen (secondary N) is 3. The lowest BCUT2D eigenvalue weighted by molar-refractivity contribution is -0.128. The molecule has 1 fully saturated rings. The highest BCUT2D eigenvalue weighted by atomic mass is 19.1. The summed E-state index contributed by atoms with van der Waals surface area (Å²) in [6.07, 6.45) is 1.03. The average Bonchev–Trinajstić information content (AvgIpc) is 2.71. The monoisotopic (exact) mass is 376 g/mol. The van der Waals surface area contributed by atoms with Crippen LogP contribution in [0.15, 0.2) is 30.5 Å². The molecule has 0 unspecified atom stereocenters. The number of amides is 1. The van der Waals surface area contributed by atoms with Gasteiger partial charge in [0.25, 0.3) is 0 Å². The van der Waals surface area contributed by atoms with Crippen molar-refractivity contribution in [3.05, 3.63) is 36.3 Å². The number of benzene rings is 1. The molecule has 27 heavy (non-hydrogen) atoms. The first-order valence-corrected chi connectivity index (χ1v) is 8.55. The van der Waals surface area contributed by atoms with Crippen molar-refractivity contribution in [1.82, 2.24) is 15.4 Å². The zero-order valence-electron chi connectivity index (χ0n) is 14.6. The molecule has 4 N–H and O–H groups in total. The van der Waals surface area contributed by atoms with Crippen LogP contribution in [-0.4, -0.2) is 53.9 Å². The van der Waals surface area contributed by atoms with Crippen LogP contribution in [0.5, 0.6) is 0 Å². The Morgan fingerprint density at radius 2 is 2.00 bits per heavy atom. The van der Waals surface area contributed by atoms with Gasteiger partial charge in [0, 0.05) is 37.4 Å². The standard InChI is InChI=1S/C17H21FN6O3/c18-14-11-20-17(22-16(14)19-6-5-15(25)23-26)21-12-1-3-13(4-2-12)24-7-9-27-10-8-24/h1-4,11,26H,5-10H2,(H,23,25)(H2,19,20,21,22). The van der Waals surface area contributed by atoms with Gasteiger partial charge in [-0.25, -0.2) is 14.9 Å². The van der Waals surface area contributed by atoms with Crippen LogP contribution in [0, 0.1) is 5.82 Å². The lowest BCUT2D eigenvalue weighted by Gasteiger charge is -2.28. The van der Waals surface area contributed by atoms with E-state index < -0.39 is 11.7 Å². The maximum atomic E-state index is 13.8. The number of carbonyl (C=O) groups is 1. The zero-order valence-corrected chi connectivity index (χ0v) is 14.6. The molecule has 144 valence electrons. The van der Waals surface area contributed by atoms with Crippen molar-refractivity contribution in [2.75, 3.05) is 48.4 Å². The molecule has 2 aromatic rings. The van der Waals surface area contributed by atoms with Crippen LogP contribution in [0.2, 0.25) is 0 Å². The van der Waals surface area contributed by atoms with Gasteiger partial charge in [-0.05, 0) is 24.3 Å². The summed E-state index contributed by atoms with van der Waals surface area (Å²) in [6, 6.07) is 7.78. The van der Waals surface area contributed by atoms with Crippen molar-refractivity contribution in [2.24, 2.45) is 0 Å². The molecule has 1 aromatic heterocycles. The molecule has 1 aromatic carbocycles. The number of halogens is 1. The summed E-state index contributed by atoms with van der Waals surface area (Å²) in [6.45, 7) is 3.28. The van der Waals surface area contributed by atoms with Crippen LogP contribution in [0.1, 0.15) is 6.42 Å². The summed E-state index contributed by atoms with van der Waals surface area (Å²) < 4.78 is 19.1. The first-order valence-electron chi connectivity index (χ1n) is 8.55. The minimum absolute atomic E-state index is 0.0221. The Morgan fingerprint density at radius 1 is 1.26 bits per heavy atom. The number of ether oxygens (including phenoxy) is 1. The predicted octanol–water partition coefficient (Wildman–Crippen LogP) is 1.50. The van der Waals surface area contributed by atoms with Gasteiger partial charge < -0.3 is 20.3 Å². The molecule has 1 aliphatic heterocycles. The lowest BCUT2D eigenvalue weighted by Crippen LogP contribution is -2.36. The number of rotatable bonds is 7. The fourth-order valence-electron chi connectivity index (χ4n) is 2.61. The second kappa shape index (κ2) is 9.10. The third kappa shape index (κ3) is 5.25. The molecule has 1 aliphatic rings. The van der Waals surface area contributed by atoms with E-state index in [-0.39, 0.29) is 24.7 Å². The van der Waals surface area contributed by atoms with Gasteiger partial charge in [-0.3, -0.25) is 10.0 Å². The fourth-order valence-corrected chi connectivity index (χ4v) is 2.61. The van der Waals surface area contributed by atoms with Crippen LogP contribution in [0.3, 0.4) is 0 Å². The number of carbonyl (C=O) groups excluding carboxylic acids is 1. The van der Waals surface area contributed by atoms with Gasteiger partial charge in [-0.2, -0.15) is 4.98 Å². The molecule has 0 saturated carbocycles. The Balaban J connectivity index is 1.61. The lowest BCUT2D eigenvalue weighted by atomic mass is 10.2. The van der Waals surface area contributed by atoms with Crippen LogP contribution in [0.4, 0.5) is 27.5 Å². The molecule has 2 heterocycles. The Kier molecular flexibility index (Phi) is 6.34. The summed E-state index contributed by atoms with van der Waals surface area (Å²) in [5.74, 6) is -1.00. The smallest absolute Gasteiger partial charge is 0.245 e. The Morgan fingerprint density at radius 3 is 2.70 bits per heavy atom. The molecule has 0 radical (unpaired) electrons. The highest BCUT2D eigenvalue weighted by Crippen LogP contribution is 2.21. The quantitative estimate of drug-likeness (QED) is 0.425. The molecule has 0 atom stereocenters. The minimum atomic E-state index is -0.632. The van der Waals surface area contributed by atoms with Crippen LogP contribution in [0.25, 0.3) is 0 Å². The average molecular weight is 376 g/mol. The Bertz CT molecular complexity index is 768. The number of hydrogen-bond donors (Lipinski definition) is 4. The van der Waals surface area contributed by atoms with E-state index in [4.69, 9.17) is 9.94 Å². The van der Waals surface area contributed by atoms with E-state index >= 15 is 0 Å². The molecule has 0 aliphatic carbocycles. The molecule has 1 amide bonds. The maximum Gasteiger partial charge on any atom is 0.245 e. The number of hydroxylamine groups is 1. The van der Waals surface area contributed by atoms with Gasteiger partial charge in [0.2, 0.25) is 11.9 Å². The number of hydrogen-bond acceptors (Lipinski definition) is 8. The largest absolute Gasteiger partial charge is 0.378 e. The van der Waals surface area contributed by atoms with E-state index in [0.29, 0.717) is 0 Å². The summed E-state index contributed by atoms with van der Waals surface area (Å²) in [5, 5.41) is 14.2. The number of morpholine rings is 1. The zero-order chi connectivity index (χ0) is 19.1. The molecular formula is C17H21FN6O3. The van der Waals surface area contributed by atoms with Crippen molar-refractivity contribution in [3.63, 3.8) is 0 Å². The summed E-state index contributed by atoms with van der Waals surface area (Å²) >= 11 is 0. The summed E-state index contributed by atoms with van der Waals surface area (Å²) in [4.78, 5) is 21.2. The number of nitrogens with zero attached hydrogens (tertiary/aromatic N) is 3. The van der Waals surface area contributed by atoms with E-state index in [1.165, 1.54) is 5.48 Å². The van der Waals surface area contributed by atoms with Gasteiger partial charge in [0.1, 0.15) is 0 Å². The van der Waals surface area contributed by atoms with E-state index in [1.807, 2.05) is 24.3 Å². The van der Waals surface area contributed by atoms with E-state index in [2.05, 4.69) is 25.5 Å². The Labute approximate surface area is 155 Å². The minimum Gasteiger partial charge on any atom is -0.378 e. The predicted molar refractivity (Wildman–Crippen MR) is 97.8 cm³/mol. The third-order valence-electron chi connectivity index (χ3n) is 4.01. The molecule has 0 bridgehead atoms. The van der Waals surface area contributed by atoms with Crippen molar-refractivity contribution in [3.8, 4) is 0 Å². The number of aromatic nitrogens is 2. The number of anilines is 4. The molecule has 3 rings (SSSR count). The highest BCUT2D eigenvalue weighted by Gasteiger charge is 2.11. The van der Waals surface area contributed by atoms with E-state index in [1.54, 1.807) is 0 Å². The second-order valence-electron chi connectivity index (χ2n) is 5.87. The van der Waals surface area contributed by atoms with Gasteiger partial charge in [0.15, 0.2) is 11.6 Å². The van der Waals surface area contributed by atoms with Gasteiger partial charge in [-0.15, -0.1) is 0 Å². The molecule has 10 heteroatoms. The molecule has 9 nitrogen and oxygen atoms in total.